The van der Waals surface area contributed by atoms with Crippen molar-refractivity contribution in [2.45, 2.75) is 38.3 Å². The third kappa shape index (κ3) is 3.11. The number of sulfonamides is 1. The van der Waals surface area contributed by atoms with Gasteiger partial charge in [0.2, 0.25) is 10.0 Å². The van der Waals surface area contributed by atoms with Gasteiger partial charge < -0.3 is 4.90 Å². The Morgan fingerprint density at radius 1 is 1.33 bits per heavy atom. The second kappa shape index (κ2) is 6.24. The van der Waals surface area contributed by atoms with E-state index in [1.165, 1.54) is 0 Å². The molecule has 2 rings (SSSR count). The minimum absolute atomic E-state index is 0.0380. The first-order valence-electron chi connectivity index (χ1n) is 7.09. The van der Waals surface area contributed by atoms with E-state index in [9.17, 15) is 8.42 Å². The lowest BCUT2D eigenvalue weighted by Gasteiger charge is -2.37. The molecule has 0 saturated carbocycles. The molecule has 1 aliphatic heterocycles. The lowest BCUT2D eigenvalue weighted by Crippen LogP contribution is -2.52. The van der Waals surface area contributed by atoms with Crippen LogP contribution in [0, 0.1) is 13.8 Å². The van der Waals surface area contributed by atoms with Gasteiger partial charge in [0.05, 0.1) is 17.9 Å². The first-order chi connectivity index (χ1) is 9.78. The van der Waals surface area contributed by atoms with Crippen molar-refractivity contribution in [2.24, 2.45) is 0 Å². The quantitative estimate of drug-likeness (QED) is 0.773. The van der Waals surface area contributed by atoms with Crippen LogP contribution in [-0.4, -0.2) is 66.0 Å². The van der Waals surface area contributed by atoms with Gasteiger partial charge >= 0.3 is 0 Å². The third-order valence-electron chi connectivity index (χ3n) is 3.95. The summed E-state index contributed by atoms with van der Waals surface area (Å²) in [5.74, 6) is 0.409. The number of aryl methyl sites for hydroxylation is 2. The van der Waals surface area contributed by atoms with E-state index >= 15 is 0 Å². The number of piperazine rings is 1. The number of hydrogen-bond acceptors (Lipinski definition) is 4. The predicted molar refractivity (Wildman–Crippen MR) is 83.3 cm³/mol. The molecule has 0 aliphatic carbocycles. The van der Waals surface area contributed by atoms with Gasteiger partial charge in [-0.2, -0.15) is 9.40 Å². The lowest BCUT2D eigenvalue weighted by atomic mass is 10.2. The normalized spacial score (nSPS) is 21.9. The zero-order chi connectivity index (χ0) is 15.8. The Bertz CT molecular complexity index is 614. The fourth-order valence-corrected chi connectivity index (χ4v) is 5.10. The van der Waals surface area contributed by atoms with Crippen molar-refractivity contribution in [3.63, 3.8) is 0 Å². The Balaban J connectivity index is 2.40. The van der Waals surface area contributed by atoms with Crippen molar-refractivity contribution in [3.8, 4) is 0 Å². The first kappa shape index (κ1) is 16.7. The molecule has 1 atom stereocenters. The standard InChI is InChI=1S/C13H23ClN4O2S/c1-10-9-16(4)7-8-18(10)21(19,20)13-11(2)15-17(6-5-14)12(13)3/h10H,5-9H2,1-4H3. The van der Waals surface area contributed by atoms with E-state index in [4.69, 9.17) is 11.6 Å². The van der Waals surface area contributed by atoms with E-state index < -0.39 is 10.0 Å². The Morgan fingerprint density at radius 2 is 2.00 bits per heavy atom. The van der Waals surface area contributed by atoms with Crippen molar-refractivity contribution in [1.29, 1.82) is 0 Å². The Morgan fingerprint density at radius 3 is 2.57 bits per heavy atom. The number of nitrogens with zero attached hydrogens (tertiary/aromatic N) is 4. The predicted octanol–water partition coefficient (Wildman–Crippen LogP) is 1.06. The number of alkyl halides is 1. The molecule has 0 radical (unpaired) electrons. The number of aromatic nitrogens is 2. The van der Waals surface area contributed by atoms with Gasteiger partial charge in [-0.1, -0.05) is 0 Å². The van der Waals surface area contributed by atoms with Crippen LogP contribution in [0.2, 0.25) is 0 Å². The number of rotatable bonds is 4. The molecule has 8 heteroatoms. The summed E-state index contributed by atoms with van der Waals surface area (Å²) in [6.07, 6.45) is 0. The SMILES string of the molecule is Cc1nn(CCCl)c(C)c1S(=O)(=O)N1CCN(C)CC1C. The van der Waals surface area contributed by atoms with Gasteiger partial charge in [-0.25, -0.2) is 8.42 Å². The van der Waals surface area contributed by atoms with E-state index in [-0.39, 0.29) is 6.04 Å². The van der Waals surface area contributed by atoms with Crippen LogP contribution in [0.5, 0.6) is 0 Å². The monoisotopic (exact) mass is 334 g/mol. The van der Waals surface area contributed by atoms with Crippen LogP contribution in [0.25, 0.3) is 0 Å². The number of likely N-dealkylation sites (N-methyl/N-ethyl adjacent to an activating group) is 1. The Kier molecular flexibility index (Phi) is 4.97. The van der Waals surface area contributed by atoms with E-state index in [1.54, 1.807) is 22.8 Å². The van der Waals surface area contributed by atoms with Gasteiger partial charge in [0, 0.05) is 31.6 Å². The maximum atomic E-state index is 13.0. The molecule has 6 nitrogen and oxygen atoms in total. The molecule has 120 valence electrons. The molecular weight excluding hydrogens is 312 g/mol. The van der Waals surface area contributed by atoms with Gasteiger partial charge in [-0.05, 0) is 27.8 Å². The maximum Gasteiger partial charge on any atom is 0.247 e. The Labute approximate surface area is 131 Å². The molecule has 0 N–H and O–H groups in total. The summed E-state index contributed by atoms with van der Waals surface area (Å²) in [5, 5.41) is 4.32. The highest BCUT2D eigenvalue weighted by Gasteiger charge is 2.36. The van der Waals surface area contributed by atoms with Crippen LogP contribution in [0.3, 0.4) is 0 Å². The Hall–Kier alpha value is -0.630. The van der Waals surface area contributed by atoms with Crippen molar-refractivity contribution < 1.29 is 8.42 Å². The summed E-state index contributed by atoms with van der Waals surface area (Å²) >= 11 is 5.75. The van der Waals surface area contributed by atoms with Crippen LogP contribution in [-0.2, 0) is 16.6 Å². The molecule has 0 spiro atoms. The average Bonchev–Trinajstić information content (AvgIpc) is 2.64. The lowest BCUT2D eigenvalue weighted by molar-refractivity contribution is 0.170. The molecule has 1 saturated heterocycles. The highest BCUT2D eigenvalue weighted by atomic mass is 35.5. The zero-order valence-electron chi connectivity index (χ0n) is 13.0. The van der Waals surface area contributed by atoms with Gasteiger partial charge in [0.15, 0.2) is 0 Å². The topological polar surface area (TPSA) is 58.4 Å². The molecule has 0 bridgehead atoms. The summed E-state index contributed by atoms with van der Waals surface area (Å²) in [6.45, 7) is 8.00. The molecular formula is C13H23ClN4O2S. The second-order valence-electron chi connectivity index (χ2n) is 5.64. The fourth-order valence-electron chi connectivity index (χ4n) is 2.95. The summed E-state index contributed by atoms with van der Waals surface area (Å²) in [7, 11) is -1.50. The molecule has 21 heavy (non-hydrogen) atoms. The summed E-state index contributed by atoms with van der Waals surface area (Å²) < 4.78 is 29.2. The van der Waals surface area contributed by atoms with Crippen LogP contribution < -0.4 is 0 Å². The highest BCUT2D eigenvalue weighted by molar-refractivity contribution is 7.89. The minimum atomic E-state index is -3.51. The van der Waals surface area contributed by atoms with Crippen LogP contribution >= 0.6 is 11.6 Å². The van der Waals surface area contributed by atoms with Crippen molar-refractivity contribution in [2.75, 3.05) is 32.6 Å². The van der Waals surface area contributed by atoms with Crippen molar-refractivity contribution in [3.05, 3.63) is 11.4 Å². The number of hydrogen-bond donors (Lipinski definition) is 0. The van der Waals surface area contributed by atoms with Crippen molar-refractivity contribution in [1.82, 2.24) is 19.0 Å². The molecule has 2 heterocycles. The van der Waals surface area contributed by atoms with E-state index in [0.717, 1.165) is 13.1 Å². The van der Waals surface area contributed by atoms with E-state index in [1.807, 2.05) is 14.0 Å². The minimum Gasteiger partial charge on any atom is -0.303 e. The summed E-state index contributed by atoms with van der Waals surface area (Å²) in [5.41, 5.74) is 1.21. The maximum absolute atomic E-state index is 13.0. The molecule has 1 unspecified atom stereocenters. The molecule has 1 aliphatic rings. The average molecular weight is 335 g/mol. The van der Waals surface area contributed by atoms with Crippen LogP contribution in [0.4, 0.5) is 0 Å². The highest BCUT2D eigenvalue weighted by Crippen LogP contribution is 2.26. The molecule has 0 amide bonds. The van der Waals surface area contributed by atoms with E-state index in [2.05, 4.69) is 10.00 Å². The smallest absolute Gasteiger partial charge is 0.247 e. The van der Waals surface area contributed by atoms with E-state index in [0.29, 0.717) is 35.3 Å². The van der Waals surface area contributed by atoms with Crippen molar-refractivity contribution >= 4 is 21.6 Å². The third-order valence-corrected chi connectivity index (χ3v) is 6.38. The van der Waals surface area contributed by atoms with Crippen LogP contribution in [0.15, 0.2) is 4.90 Å². The molecule has 1 fully saturated rings. The molecule has 0 aromatic carbocycles. The summed E-state index contributed by atoms with van der Waals surface area (Å²) in [4.78, 5) is 2.48. The van der Waals surface area contributed by atoms with Gasteiger partial charge in [0.25, 0.3) is 0 Å². The summed E-state index contributed by atoms with van der Waals surface area (Å²) in [6, 6.07) is -0.0380. The van der Waals surface area contributed by atoms with Gasteiger partial charge in [0.1, 0.15) is 4.90 Å². The fraction of sp³-hybridized carbons (Fsp3) is 0.769. The second-order valence-corrected chi connectivity index (χ2v) is 7.84. The number of halogens is 1. The molecule has 1 aromatic rings. The molecule has 1 aromatic heterocycles. The van der Waals surface area contributed by atoms with Gasteiger partial charge in [-0.3, -0.25) is 4.68 Å². The first-order valence-corrected chi connectivity index (χ1v) is 9.07. The largest absolute Gasteiger partial charge is 0.303 e. The zero-order valence-corrected chi connectivity index (χ0v) is 14.6. The van der Waals surface area contributed by atoms with Crippen LogP contribution in [0.1, 0.15) is 18.3 Å². The van der Waals surface area contributed by atoms with Gasteiger partial charge in [-0.15, -0.1) is 11.6 Å².